The van der Waals surface area contributed by atoms with Crippen LogP contribution in [0.5, 0.6) is 0 Å². The molecule has 0 saturated carbocycles. The third-order valence-electron chi connectivity index (χ3n) is 8.62. The highest BCUT2D eigenvalue weighted by Crippen LogP contribution is 2.24. The number of anilines is 3. The summed E-state index contributed by atoms with van der Waals surface area (Å²) < 4.78 is 3.87. The van der Waals surface area contributed by atoms with E-state index < -0.39 is 0 Å². The lowest BCUT2D eigenvalue weighted by Gasteiger charge is -2.29. The first-order valence-corrected chi connectivity index (χ1v) is 17.0. The second kappa shape index (κ2) is 16.4. The topological polar surface area (TPSA) is 146 Å². The summed E-state index contributed by atoms with van der Waals surface area (Å²) in [5.74, 6) is 2.63. The number of nitriles is 1. The summed E-state index contributed by atoms with van der Waals surface area (Å²) in [6, 6.07) is 15.8. The summed E-state index contributed by atoms with van der Waals surface area (Å²) in [6.07, 6.45) is 19.2. The van der Waals surface area contributed by atoms with Crippen molar-refractivity contribution >= 4 is 23.6 Å². The van der Waals surface area contributed by atoms with Gasteiger partial charge >= 0.3 is 6.03 Å². The molecule has 0 spiro atoms. The van der Waals surface area contributed by atoms with Crippen molar-refractivity contribution in [1.29, 1.82) is 5.26 Å². The molecule has 1 aliphatic heterocycles. The number of rotatable bonds is 14. The molecule has 2 N–H and O–H groups in total. The third-order valence-corrected chi connectivity index (χ3v) is 8.62. The van der Waals surface area contributed by atoms with E-state index in [-0.39, 0.29) is 12.1 Å². The number of nitrogens with one attached hydrogen (secondary N) is 2. The molecule has 0 radical (unpaired) electrons. The largest absolute Gasteiger partial charge is 0.351 e. The average Bonchev–Trinajstić information content (AvgIpc) is 3.81. The number of nitrogens with zero attached hydrogens (tertiary/aromatic N) is 10. The highest BCUT2D eigenvalue weighted by molar-refractivity contribution is 5.92. The van der Waals surface area contributed by atoms with E-state index in [1.807, 2.05) is 68.0 Å². The van der Waals surface area contributed by atoms with E-state index in [1.165, 1.54) is 0 Å². The van der Waals surface area contributed by atoms with E-state index in [1.54, 1.807) is 40.6 Å². The maximum Gasteiger partial charge on any atom is 0.327 e. The van der Waals surface area contributed by atoms with Crippen LogP contribution in [0.25, 0.3) is 11.1 Å². The lowest BCUT2D eigenvalue weighted by atomic mass is 10.1. The number of carbonyl (C=O) groups is 1. The van der Waals surface area contributed by atoms with Crippen LogP contribution < -0.4 is 20.4 Å². The standard InChI is InChI=1S/C37H42N12O/c1-3-10-32(44-36-41-24-30(21-38)35(45-36)48-20-19-47-18-16-39-34(47)27-48)13-8-5-9-17-49(37(50)42-22-28-11-6-4-7-12-28)33-15-14-29(23-40-33)31-25-43-46(2)26-31/h4,6-7,9,11-12,14-18,23-26,32H,3,5,8,10,13,19-20,22,27H2,1-2H3,(H,42,50)(H,41,44,45)/b17-9+/t32-/m1/s1. The Bertz CT molecular complexity index is 1930. The number of aryl methyl sites for hydroxylation is 1. The normalized spacial score (nSPS) is 13.1. The Morgan fingerprint density at radius 1 is 1.06 bits per heavy atom. The van der Waals surface area contributed by atoms with Gasteiger partial charge in [0, 0.05) is 74.8 Å². The maximum atomic E-state index is 13.4. The van der Waals surface area contributed by atoms with Gasteiger partial charge in [-0.15, -0.1) is 0 Å². The number of benzene rings is 1. The smallest absolute Gasteiger partial charge is 0.327 e. The Hall–Kier alpha value is -6.03. The predicted molar refractivity (Wildman–Crippen MR) is 193 cm³/mol. The summed E-state index contributed by atoms with van der Waals surface area (Å²) in [5, 5.41) is 20.6. The van der Waals surface area contributed by atoms with E-state index in [9.17, 15) is 10.1 Å². The molecule has 50 heavy (non-hydrogen) atoms. The zero-order chi connectivity index (χ0) is 34.7. The average molecular weight is 671 g/mol. The number of hydrogen-bond donors (Lipinski definition) is 2. The molecular weight excluding hydrogens is 628 g/mol. The second-order valence-electron chi connectivity index (χ2n) is 12.3. The lowest BCUT2D eigenvalue weighted by molar-refractivity contribution is 0.248. The van der Waals surface area contributed by atoms with Crippen LogP contribution in [0.2, 0.25) is 0 Å². The van der Waals surface area contributed by atoms with Gasteiger partial charge in [0.1, 0.15) is 23.3 Å². The summed E-state index contributed by atoms with van der Waals surface area (Å²) in [7, 11) is 1.87. The first-order valence-electron chi connectivity index (χ1n) is 17.0. The molecule has 0 unspecified atom stereocenters. The van der Waals surface area contributed by atoms with Crippen molar-refractivity contribution in [2.75, 3.05) is 21.7 Å². The van der Waals surface area contributed by atoms with Crippen LogP contribution >= 0.6 is 0 Å². The van der Waals surface area contributed by atoms with Gasteiger partial charge in [0.15, 0.2) is 5.82 Å². The van der Waals surface area contributed by atoms with Crippen molar-refractivity contribution in [3.05, 3.63) is 109 Å². The van der Waals surface area contributed by atoms with Crippen molar-refractivity contribution in [2.45, 2.75) is 64.7 Å². The molecule has 5 heterocycles. The van der Waals surface area contributed by atoms with E-state index in [0.29, 0.717) is 36.2 Å². The van der Waals surface area contributed by atoms with Gasteiger partial charge in [-0.3, -0.25) is 9.58 Å². The van der Waals surface area contributed by atoms with Gasteiger partial charge in [-0.25, -0.2) is 19.7 Å². The summed E-state index contributed by atoms with van der Waals surface area (Å²) in [5.41, 5.74) is 3.35. The third kappa shape index (κ3) is 8.51. The minimum atomic E-state index is -0.260. The Balaban J connectivity index is 1.09. The number of allylic oxidation sites excluding steroid dienone is 1. The summed E-state index contributed by atoms with van der Waals surface area (Å²) >= 11 is 0. The van der Waals surface area contributed by atoms with Crippen LogP contribution in [0.15, 0.2) is 91.9 Å². The van der Waals surface area contributed by atoms with Gasteiger partial charge < -0.3 is 20.1 Å². The summed E-state index contributed by atoms with van der Waals surface area (Å²) in [6.45, 7) is 4.69. The van der Waals surface area contributed by atoms with Crippen molar-refractivity contribution in [2.24, 2.45) is 7.05 Å². The molecular formula is C37H42N12O. The number of amides is 2. The van der Waals surface area contributed by atoms with E-state index in [2.05, 4.69) is 53.1 Å². The van der Waals surface area contributed by atoms with Crippen molar-refractivity contribution in [3.8, 4) is 17.2 Å². The fourth-order valence-electron chi connectivity index (χ4n) is 5.97. The van der Waals surface area contributed by atoms with Crippen molar-refractivity contribution < 1.29 is 4.79 Å². The molecule has 0 saturated heterocycles. The molecule has 1 aliphatic rings. The Labute approximate surface area is 292 Å². The fourth-order valence-corrected chi connectivity index (χ4v) is 5.97. The first-order chi connectivity index (χ1) is 24.5. The van der Waals surface area contributed by atoms with E-state index in [4.69, 9.17) is 4.98 Å². The zero-order valence-electron chi connectivity index (χ0n) is 28.5. The highest BCUT2D eigenvalue weighted by atomic mass is 16.2. The van der Waals surface area contributed by atoms with Gasteiger partial charge in [0.25, 0.3) is 0 Å². The highest BCUT2D eigenvalue weighted by Gasteiger charge is 2.22. The number of carbonyl (C=O) groups excluding carboxylic acids is 1. The van der Waals surface area contributed by atoms with Gasteiger partial charge in [0.2, 0.25) is 5.95 Å². The molecule has 13 heteroatoms. The molecule has 0 aliphatic carbocycles. The van der Waals surface area contributed by atoms with Crippen molar-refractivity contribution in [1.82, 2.24) is 39.6 Å². The van der Waals surface area contributed by atoms with E-state index in [0.717, 1.165) is 67.7 Å². The van der Waals surface area contributed by atoms with Gasteiger partial charge in [-0.05, 0) is 43.4 Å². The SMILES string of the molecule is CCC[C@H](CCC/C=C/N(C(=O)NCc1ccccc1)c1ccc(-c2cnn(C)c2)cn1)Nc1ncc(C#N)c(N2CCn3ccnc3C2)n1. The molecule has 0 bridgehead atoms. The number of imidazole rings is 1. The molecule has 256 valence electrons. The summed E-state index contributed by atoms with van der Waals surface area (Å²) in [4.78, 5) is 35.4. The number of pyridine rings is 1. The maximum absolute atomic E-state index is 13.4. The van der Waals surface area contributed by atoms with Crippen LogP contribution in [0.1, 0.15) is 56.0 Å². The van der Waals surface area contributed by atoms with Crippen LogP contribution in [0.4, 0.5) is 22.4 Å². The lowest BCUT2D eigenvalue weighted by Crippen LogP contribution is -2.36. The molecule has 0 fully saturated rings. The number of fused-ring (bicyclic) bond motifs is 1. The molecule has 6 rings (SSSR count). The molecule has 2 amide bonds. The Morgan fingerprint density at radius 2 is 1.94 bits per heavy atom. The van der Waals surface area contributed by atoms with Crippen molar-refractivity contribution in [3.63, 3.8) is 0 Å². The second-order valence-corrected chi connectivity index (χ2v) is 12.3. The molecule has 1 aromatic carbocycles. The predicted octanol–water partition coefficient (Wildman–Crippen LogP) is 6.04. The Morgan fingerprint density at radius 3 is 2.70 bits per heavy atom. The monoisotopic (exact) mass is 670 g/mol. The number of aromatic nitrogens is 7. The minimum Gasteiger partial charge on any atom is -0.351 e. The quantitative estimate of drug-likeness (QED) is 0.135. The van der Waals surface area contributed by atoms with Crippen LogP contribution in [-0.4, -0.2) is 52.9 Å². The van der Waals surface area contributed by atoms with Gasteiger partial charge in [0.05, 0.1) is 18.9 Å². The van der Waals surface area contributed by atoms with Crippen LogP contribution in [0.3, 0.4) is 0 Å². The minimum absolute atomic E-state index is 0.154. The molecule has 1 atom stereocenters. The van der Waals surface area contributed by atoms with Gasteiger partial charge in [-0.1, -0.05) is 49.8 Å². The zero-order valence-corrected chi connectivity index (χ0v) is 28.5. The van der Waals surface area contributed by atoms with Gasteiger partial charge in [-0.2, -0.15) is 15.3 Å². The number of hydrogen-bond acceptors (Lipinski definition) is 9. The van der Waals surface area contributed by atoms with Crippen LogP contribution in [0, 0.1) is 11.3 Å². The number of unbranched alkanes of at least 4 members (excludes halogenated alkanes) is 1. The Kier molecular flexibility index (Phi) is 11.1. The van der Waals surface area contributed by atoms with E-state index >= 15 is 0 Å². The molecule has 4 aromatic heterocycles. The molecule has 5 aromatic rings. The first kappa shape index (κ1) is 33.9. The fraction of sp³-hybridized carbons (Fsp3) is 0.324. The molecule has 13 nitrogen and oxygen atoms in total. The van der Waals surface area contributed by atoms with Crippen LogP contribution in [-0.2, 0) is 26.7 Å². The number of urea groups is 1.